The number of alkyl halides is 4. The molecule has 1 N–H and O–H groups in total. The standard InChI is InChI=1S/C18H16F4N2O4/c1-26-16-7-2-11(10-24-16)9-23-15(25)6-4-12-3-5-13(27-17(19)20)8-14(12)28-18(21)22/h2-8,10,17-18H,9H2,1H3,(H,23,25)/b6-4+. The monoisotopic (exact) mass is 400 g/mol. The lowest BCUT2D eigenvalue weighted by Crippen LogP contribution is -2.20. The molecule has 28 heavy (non-hydrogen) atoms. The number of ether oxygens (including phenoxy) is 3. The molecule has 0 aliphatic carbocycles. The molecule has 150 valence electrons. The first kappa shape index (κ1) is 21.0. The molecule has 0 bridgehead atoms. The maximum Gasteiger partial charge on any atom is 0.387 e. The number of aromatic nitrogens is 1. The van der Waals surface area contributed by atoms with Crippen molar-refractivity contribution in [2.24, 2.45) is 0 Å². The molecule has 1 aromatic carbocycles. The van der Waals surface area contributed by atoms with E-state index in [1.165, 1.54) is 25.4 Å². The maximum atomic E-state index is 12.5. The van der Waals surface area contributed by atoms with Crippen LogP contribution in [0.4, 0.5) is 17.6 Å². The summed E-state index contributed by atoms with van der Waals surface area (Å²) < 4.78 is 62.9. The molecule has 0 spiro atoms. The van der Waals surface area contributed by atoms with E-state index in [0.29, 0.717) is 5.88 Å². The van der Waals surface area contributed by atoms with Crippen molar-refractivity contribution in [2.75, 3.05) is 7.11 Å². The van der Waals surface area contributed by atoms with Crippen molar-refractivity contribution in [2.45, 2.75) is 19.8 Å². The summed E-state index contributed by atoms with van der Waals surface area (Å²) in [6, 6.07) is 6.59. The summed E-state index contributed by atoms with van der Waals surface area (Å²) >= 11 is 0. The fourth-order valence-corrected chi connectivity index (χ4v) is 2.08. The van der Waals surface area contributed by atoms with Gasteiger partial charge in [0.15, 0.2) is 0 Å². The van der Waals surface area contributed by atoms with Crippen LogP contribution in [-0.2, 0) is 11.3 Å². The van der Waals surface area contributed by atoms with Crippen molar-refractivity contribution in [3.8, 4) is 17.4 Å². The highest BCUT2D eigenvalue weighted by Gasteiger charge is 2.12. The second kappa shape index (κ2) is 10.1. The van der Waals surface area contributed by atoms with Crippen LogP contribution in [0.15, 0.2) is 42.6 Å². The Bertz CT molecular complexity index is 814. The van der Waals surface area contributed by atoms with E-state index in [-0.39, 0.29) is 17.9 Å². The second-order valence-electron chi connectivity index (χ2n) is 5.22. The Labute approximate surface area is 157 Å². The molecule has 0 radical (unpaired) electrons. The Morgan fingerprint density at radius 1 is 1.14 bits per heavy atom. The zero-order valence-electron chi connectivity index (χ0n) is 14.6. The molecule has 0 saturated heterocycles. The molecule has 1 amide bonds. The molecule has 6 nitrogen and oxygen atoms in total. The molecule has 1 aromatic heterocycles. The molecule has 2 aromatic rings. The minimum atomic E-state index is -3.18. The third-order valence-electron chi connectivity index (χ3n) is 3.31. The highest BCUT2D eigenvalue weighted by Crippen LogP contribution is 2.28. The highest BCUT2D eigenvalue weighted by molar-refractivity contribution is 5.92. The lowest BCUT2D eigenvalue weighted by atomic mass is 10.1. The summed E-state index contributed by atoms with van der Waals surface area (Å²) in [6.45, 7) is -6.11. The number of halogens is 4. The smallest absolute Gasteiger partial charge is 0.387 e. The van der Waals surface area contributed by atoms with Crippen LogP contribution >= 0.6 is 0 Å². The van der Waals surface area contributed by atoms with Crippen LogP contribution in [0.1, 0.15) is 11.1 Å². The molecular weight excluding hydrogens is 384 g/mol. The number of benzene rings is 1. The minimum Gasteiger partial charge on any atom is -0.481 e. The molecule has 0 saturated carbocycles. The molecular formula is C18H16F4N2O4. The number of nitrogens with zero attached hydrogens (tertiary/aromatic N) is 1. The number of hydrogen-bond acceptors (Lipinski definition) is 5. The Morgan fingerprint density at radius 2 is 1.89 bits per heavy atom. The molecule has 0 fully saturated rings. The van der Waals surface area contributed by atoms with E-state index in [1.807, 2.05) is 0 Å². The summed E-state index contributed by atoms with van der Waals surface area (Å²) in [7, 11) is 1.48. The van der Waals surface area contributed by atoms with Gasteiger partial charge in [0.25, 0.3) is 0 Å². The minimum absolute atomic E-state index is 0.0863. The van der Waals surface area contributed by atoms with Gasteiger partial charge in [-0.2, -0.15) is 17.6 Å². The van der Waals surface area contributed by atoms with E-state index in [1.54, 1.807) is 12.1 Å². The Hall–Kier alpha value is -3.30. The number of nitrogens with one attached hydrogen (secondary N) is 1. The van der Waals surface area contributed by atoms with Crippen molar-refractivity contribution in [3.63, 3.8) is 0 Å². The van der Waals surface area contributed by atoms with Crippen LogP contribution in [0.25, 0.3) is 6.08 Å². The third-order valence-corrected chi connectivity index (χ3v) is 3.31. The van der Waals surface area contributed by atoms with Crippen molar-refractivity contribution < 1.29 is 36.6 Å². The number of pyridine rings is 1. The SMILES string of the molecule is COc1ccc(CNC(=O)/C=C/c2ccc(OC(F)F)cc2OC(F)F)cn1. The lowest BCUT2D eigenvalue weighted by molar-refractivity contribution is -0.116. The highest BCUT2D eigenvalue weighted by atomic mass is 19.3. The third kappa shape index (κ3) is 6.78. The molecule has 0 aliphatic heterocycles. The Morgan fingerprint density at radius 3 is 2.50 bits per heavy atom. The van der Waals surface area contributed by atoms with Gasteiger partial charge in [0.1, 0.15) is 11.5 Å². The zero-order chi connectivity index (χ0) is 20.5. The number of carbonyl (C=O) groups is 1. The zero-order valence-corrected chi connectivity index (χ0v) is 14.6. The fraction of sp³-hybridized carbons (Fsp3) is 0.222. The number of hydrogen-bond donors (Lipinski definition) is 1. The van der Waals surface area contributed by atoms with Crippen LogP contribution in [0.2, 0.25) is 0 Å². The average Bonchev–Trinajstić information content (AvgIpc) is 2.65. The van der Waals surface area contributed by atoms with Crippen molar-refractivity contribution in [1.82, 2.24) is 10.3 Å². The summed E-state index contributed by atoms with van der Waals surface area (Å²) in [6.07, 6.45) is 3.84. The first-order valence-corrected chi connectivity index (χ1v) is 7.86. The summed E-state index contributed by atoms with van der Waals surface area (Å²) in [5.41, 5.74) is 0.806. The van der Waals surface area contributed by atoms with E-state index in [9.17, 15) is 22.4 Å². The van der Waals surface area contributed by atoms with Gasteiger partial charge >= 0.3 is 13.2 Å². The van der Waals surface area contributed by atoms with E-state index in [0.717, 1.165) is 23.8 Å². The molecule has 0 aliphatic rings. The number of rotatable bonds is 9. The van der Waals surface area contributed by atoms with Gasteiger partial charge in [0.05, 0.1) is 7.11 Å². The van der Waals surface area contributed by atoms with Crippen molar-refractivity contribution in [3.05, 3.63) is 53.7 Å². The van der Waals surface area contributed by atoms with Gasteiger partial charge in [-0.05, 0) is 23.8 Å². The maximum absolute atomic E-state index is 12.5. The van der Waals surface area contributed by atoms with E-state index < -0.39 is 24.9 Å². The molecule has 0 unspecified atom stereocenters. The van der Waals surface area contributed by atoms with Crippen LogP contribution in [0, 0.1) is 0 Å². The number of amides is 1. The Kier molecular flexibility index (Phi) is 7.61. The molecule has 2 rings (SSSR count). The first-order chi connectivity index (χ1) is 13.4. The summed E-state index contributed by atoms with van der Waals surface area (Å²) in [4.78, 5) is 15.9. The average molecular weight is 400 g/mol. The lowest BCUT2D eigenvalue weighted by Gasteiger charge is -2.11. The predicted octanol–water partition coefficient (Wildman–Crippen LogP) is 3.62. The van der Waals surface area contributed by atoms with Crippen LogP contribution in [-0.4, -0.2) is 31.2 Å². The van der Waals surface area contributed by atoms with Crippen molar-refractivity contribution >= 4 is 12.0 Å². The van der Waals surface area contributed by atoms with Gasteiger partial charge in [0, 0.05) is 36.5 Å². The quantitative estimate of drug-likeness (QED) is 0.514. The van der Waals surface area contributed by atoms with Crippen molar-refractivity contribution in [1.29, 1.82) is 0 Å². The van der Waals surface area contributed by atoms with Gasteiger partial charge in [0.2, 0.25) is 11.8 Å². The molecule has 0 atom stereocenters. The van der Waals surface area contributed by atoms with Gasteiger partial charge < -0.3 is 19.5 Å². The van der Waals surface area contributed by atoms with Crippen LogP contribution in [0.3, 0.4) is 0 Å². The van der Waals surface area contributed by atoms with E-state index >= 15 is 0 Å². The second-order valence-corrected chi connectivity index (χ2v) is 5.22. The number of carbonyl (C=O) groups excluding carboxylic acids is 1. The normalized spacial score (nSPS) is 11.1. The largest absolute Gasteiger partial charge is 0.481 e. The van der Waals surface area contributed by atoms with Crippen LogP contribution < -0.4 is 19.5 Å². The Balaban J connectivity index is 2.02. The van der Waals surface area contributed by atoms with Gasteiger partial charge in [-0.15, -0.1) is 0 Å². The topological polar surface area (TPSA) is 69.7 Å². The summed E-state index contributed by atoms with van der Waals surface area (Å²) in [5, 5.41) is 2.59. The van der Waals surface area contributed by atoms with E-state index in [4.69, 9.17) is 4.74 Å². The van der Waals surface area contributed by atoms with Gasteiger partial charge in [-0.25, -0.2) is 4.98 Å². The molecule has 10 heteroatoms. The fourth-order valence-electron chi connectivity index (χ4n) is 2.08. The predicted molar refractivity (Wildman–Crippen MR) is 91.4 cm³/mol. The van der Waals surface area contributed by atoms with Gasteiger partial charge in [-0.1, -0.05) is 6.07 Å². The van der Waals surface area contributed by atoms with Crippen LogP contribution in [0.5, 0.6) is 17.4 Å². The first-order valence-electron chi connectivity index (χ1n) is 7.86. The van der Waals surface area contributed by atoms with Gasteiger partial charge in [-0.3, -0.25) is 4.79 Å². The number of methoxy groups -OCH3 is 1. The van der Waals surface area contributed by atoms with E-state index in [2.05, 4.69) is 19.8 Å². The molecule has 1 heterocycles. The summed E-state index contributed by atoms with van der Waals surface area (Å²) in [5.74, 6) is -0.830.